The van der Waals surface area contributed by atoms with Gasteiger partial charge in [0.05, 0.1) is 23.8 Å². The molecule has 5 rings (SSSR count). The molecule has 0 radical (unpaired) electrons. The van der Waals surface area contributed by atoms with Gasteiger partial charge >= 0.3 is 0 Å². The normalized spacial score (nSPS) is 10.4. The van der Waals surface area contributed by atoms with Crippen molar-refractivity contribution in [1.29, 1.82) is 0 Å². The first kappa shape index (κ1) is 19.2. The quantitative estimate of drug-likeness (QED) is 0.376. The smallest absolute Gasteiger partial charge is 0.255 e. The molecule has 2 aromatic carbocycles. The number of aromatic nitrogens is 4. The van der Waals surface area contributed by atoms with Gasteiger partial charge in [-0.3, -0.25) is 14.3 Å². The molecule has 7 heteroatoms. The van der Waals surface area contributed by atoms with E-state index in [9.17, 15) is 4.79 Å². The largest absolute Gasteiger partial charge is 0.350 e. The molecular weight excluding hydrogens is 400 g/mol. The van der Waals surface area contributed by atoms with E-state index in [1.807, 2.05) is 65.2 Å². The second-order valence-electron chi connectivity index (χ2n) is 7.02. The number of aromatic amines is 1. The second kappa shape index (κ2) is 8.50. The summed E-state index contributed by atoms with van der Waals surface area (Å²) in [6.07, 6.45) is 7.12. The van der Waals surface area contributed by atoms with Crippen LogP contribution in [0.1, 0.15) is 21.6 Å². The first-order valence-corrected chi connectivity index (χ1v) is 9.97. The Labute approximate surface area is 184 Å². The minimum absolute atomic E-state index is 0.176. The summed E-state index contributed by atoms with van der Waals surface area (Å²) >= 11 is 0. The van der Waals surface area contributed by atoms with Gasteiger partial charge in [0.25, 0.3) is 5.91 Å². The number of pyridine rings is 1. The lowest BCUT2D eigenvalue weighted by molar-refractivity contribution is 0.102. The fourth-order valence-electron chi connectivity index (χ4n) is 3.27. The lowest BCUT2D eigenvalue weighted by Crippen LogP contribution is -2.11. The minimum atomic E-state index is -0.176. The summed E-state index contributed by atoms with van der Waals surface area (Å²) in [6, 6.07) is 20.5. The van der Waals surface area contributed by atoms with Gasteiger partial charge in [-0.15, -0.1) is 0 Å². The van der Waals surface area contributed by atoms with Gasteiger partial charge in [-0.05, 0) is 48.4 Å². The second-order valence-corrected chi connectivity index (χ2v) is 7.02. The number of rotatable bonds is 4. The number of carbonyl (C=O) groups is 1. The van der Waals surface area contributed by atoms with Crippen molar-refractivity contribution >= 4 is 28.6 Å². The van der Waals surface area contributed by atoms with Crippen molar-refractivity contribution < 1.29 is 4.79 Å². The molecule has 0 aliphatic heterocycles. The van der Waals surface area contributed by atoms with Crippen LogP contribution < -0.4 is 10.6 Å². The molecule has 0 unspecified atom stereocenters. The van der Waals surface area contributed by atoms with Gasteiger partial charge in [0.2, 0.25) is 0 Å². The first-order chi connectivity index (χ1) is 15.8. The molecule has 0 aliphatic carbocycles. The number of imidazole rings is 1. The maximum atomic E-state index is 12.6. The Kier molecular flexibility index (Phi) is 5.09. The Hall–Kier alpha value is -4.83. The van der Waals surface area contributed by atoms with Crippen LogP contribution in [0.3, 0.4) is 0 Å². The highest BCUT2D eigenvalue weighted by molar-refractivity contribution is 6.04. The molecule has 5 aromatic rings. The van der Waals surface area contributed by atoms with Crippen LogP contribution in [0.4, 0.5) is 17.1 Å². The number of benzene rings is 2. The van der Waals surface area contributed by atoms with E-state index < -0.39 is 0 Å². The number of fused-ring (bicyclic) bond motifs is 1. The van der Waals surface area contributed by atoms with E-state index in [-0.39, 0.29) is 5.91 Å². The molecule has 32 heavy (non-hydrogen) atoms. The van der Waals surface area contributed by atoms with Crippen molar-refractivity contribution in [1.82, 2.24) is 19.6 Å². The van der Waals surface area contributed by atoms with Crippen LogP contribution >= 0.6 is 0 Å². The number of hydrogen-bond acceptors (Lipinski definition) is 4. The highest BCUT2D eigenvalue weighted by atomic mass is 16.1. The minimum Gasteiger partial charge on any atom is -0.350 e. The van der Waals surface area contributed by atoms with E-state index in [0.29, 0.717) is 5.56 Å². The summed E-state index contributed by atoms with van der Waals surface area (Å²) < 4.78 is 1.92. The summed E-state index contributed by atoms with van der Waals surface area (Å²) in [5, 5.41) is 12.9. The van der Waals surface area contributed by atoms with Crippen molar-refractivity contribution in [2.45, 2.75) is 0 Å². The molecular formula is C25H18N6O. The zero-order valence-corrected chi connectivity index (χ0v) is 16.9. The van der Waals surface area contributed by atoms with Gasteiger partial charge in [-0.2, -0.15) is 5.10 Å². The fourth-order valence-corrected chi connectivity index (χ4v) is 3.27. The third kappa shape index (κ3) is 4.06. The SMILES string of the molecule is O=C(Nc1ccccc1)c1cccc(C#Cc2cnc3c(Nc4cn[nH]c4)cccn23)c1. The number of anilines is 3. The van der Waals surface area contributed by atoms with Crippen LogP contribution in [-0.2, 0) is 0 Å². The van der Waals surface area contributed by atoms with Crippen LogP contribution in [0.2, 0.25) is 0 Å². The van der Waals surface area contributed by atoms with Crippen molar-refractivity contribution in [3.8, 4) is 11.8 Å². The third-order valence-electron chi connectivity index (χ3n) is 4.80. The molecule has 0 saturated heterocycles. The van der Waals surface area contributed by atoms with E-state index in [1.165, 1.54) is 0 Å². The average molecular weight is 418 g/mol. The Morgan fingerprint density at radius 3 is 2.69 bits per heavy atom. The van der Waals surface area contributed by atoms with E-state index >= 15 is 0 Å². The summed E-state index contributed by atoms with van der Waals surface area (Å²) in [5.74, 6) is 6.12. The molecule has 7 nitrogen and oxygen atoms in total. The zero-order valence-electron chi connectivity index (χ0n) is 16.9. The molecule has 0 spiro atoms. The first-order valence-electron chi connectivity index (χ1n) is 9.97. The van der Waals surface area contributed by atoms with Crippen LogP contribution in [0.15, 0.2) is 91.5 Å². The summed E-state index contributed by atoms with van der Waals surface area (Å²) in [6.45, 7) is 0. The highest BCUT2D eigenvalue weighted by Gasteiger charge is 2.08. The lowest BCUT2D eigenvalue weighted by Gasteiger charge is -2.05. The van der Waals surface area contributed by atoms with Gasteiger partial charge in [0, 0.05) is 29.2 Å². The predicted molar refractivity (Wildman–Crippen MR) is 124 cm³/mol. The standard InChI is InChI=1S/C25H18N6O/c32-25(30-20-8-2-1-3-9-20)19-7-4-6-18(14-19)11-12-22-17-26-24-23(10-5-13-31(22)24)29-21-15-27-28-16-21/h1-10,13-17,29H,(H,27,28)(H,30,32). The van der Waals surface area contributed by atoms with E-state index in [2.05, 4.69) is 37.7 Å². The maximum absolute atomic E-state index is 12.6. The Morgan fingerprint density at radius 2 is 1.84 bits per heavy atom. The van der Waals surface area contributed by atoms with Gasteiger partial charge in [-0.1, -0.05) is 30.2 Å². The van der Waals surface area contributed by atoms with Gasteiger partial charge in [-0.25, -0.2) is 4.98 Å². The highest BCUT2D eigenvalue weighted by Crippen LogP contribution is 2.21. The predicted octanol–water partition coefficient (Wildman–Crippen LogP) is 4.45. The number of para-hydroxylation sites is 1. The number of nitrogens with one attached hydrogen (secondary N) is 3. The van der Waals surface area contributed by atoms with E-state index in [4.69, 9.17) is 0 Å². The molecule has 0 saturated carbocycles. The van der Waals surface area contributed by atoms with Crippen LogP contribution in [0, 0.1) is 11.8 Å². The van der Waals surface area contributed by atoms with Crippen molar-refractivity contribution in [2.24, 2.45) is 0 Å². The van der Waals surface area contributed by atoms with E-state index in [1.54, 1.807) is 30.7 Å². The van der Waals surface area contributed by atoms with Crippen LogP contribution in [0.5, 0.6) is 0 Å². The molecule has 3 N–H and O–H groups in total. The van der Waals surface area contributed by atoms with Crippen LogP contribution in [-0.4, -0.2) is 25.5 Å². The van der Waals surface area contributed by atoms with Crippen LogP contribution in [0.25, 0.3) is 5.65 Å². The summed E-state index contributed by atoms with van der Waals surface area (Å²) in [7, 11) is 0. The van der Waals surface area contributed by atoms with Crippen molar-refractivity contribution in [3.63, 3.8) is 0 Å². The molecule has 1 amide bonds. The average Bonchev–Trinajstić information content (AvgIpc) is 3.49. The third-order valence-corrected chi connectivity index (χ3v) is 4.80. The molecule has 3 heterocycles. The number of hydrogen-bond donors (Lipinski definition) is 3. The summed E-state index contributed by atoms with van der Waals surface area (Å²) in [4.78, 5) is 17.1. The number of carbonyl (C=O) groups excluding carboxylic acids is 1. The Morgan fingerprint density at radius 1 is 0.938 bits per heavy atom. The Balaban J connectivity index is 1.39. The zero-order chi connectivity index (χ0) is 21.8. The monoisotopic (exact) mass is 418 g/mol. The molecule has 3 aromatic heterocycles. The van der Waals surface area contributed by atoms with Crippen molar-refractivity contribution in [3.05, 3.63) is 108 Å². The lowest BCUT2D eigenvalue weighted by atomic mass is 10.1. The fraction of sp³-hybridized carbons (Fsp3) is 0. The molecule has 0 atom stereocenters. The van der Waals surface area contributed by atoms with Gasteiger partial charge in [0.15, 0.2) is 5.65 Å². The van der Waals surface area contributed by atoms with Gasteiger partial charge in [0.1, 0.15) is 5.69 Å². The topological polar surface area (TPSA) is 87.1 Å². The summed E-state index contributed by atoms with van der Waals surface area (Å²) in [5.41, 5.74) is 5.24. The number of amides is 1. The number of H-pyrrole nitrogens is 1. The molecule has 0 bridgehead atoms. The maximum Gasteiger partial charge on any atom is 0.255 e. The van der Waals surface area contributed by atoms with E-state index in [0.717, 1.165) is 34.0 Å². The number of nitrogens with zero attached hydrogens (tertiary/aromatic N) is 3. The van der Waals surface area contributed by atoms with Crippen molar-refractivity contribution in [2.75, 3.05) is 10.6 Å². The molecule has 154 valence electrons. The molecule has 0 aliphatic rings. The van der Waals surface area contributed by atoms with Gasteiger partial charge < -0.3 is 10.6 Å². The molecule has 0 fully saturated rings. The Bertz CT molecular complexity index is 1440.